The predicted molar refractivity (Wildman–Crippen MR) is 107 cm³/mol. The molecule has 176 valence electrons. The minimum absolute atomic E-state index is 0.0747. The van der Waals surface area contributed by atoms with E-state index in [-0.39, 0.29) is 50.1 Å². The standard InChI is InChI=1S/C19H14BrF4N3O6/c1-3-31-17(29)12-4-9(33-25-12)8-32-14-6-13(11(21)5-10(14)20)27-16(28)7-15(19(22,23)24)26(2)18(27)30/h4-7H,3,8H2,1-2H3. The first kappa shape index (κ1) is 24.2. The fourth-order valence-corrected chi connectivity index (χ4v) is 3.18. The van der Waals surface area contributed by atoms with Crippen LogP contribution in [-0.2, 0) is 24.6 Å². The highest BCUT2D eigenvalue weighted by Gasteiger charge is 2.35. The van der Waals surface area contributed by atoms with Crippen molar-refractivity contribution in [3.05, 3.63) is 72.5 Å². The summed E-state index contributed by atoms with van der Waals surface area (Å²) < 4.78 is 69.4. The lowest BCUT2D eigenvalue weighted by Gasteiger charge is -2.15. The van der Waals surface area contributed by atoms with E-state index in [1.807, 2.05) is 0 Å². The molecule has 0 aliphatic heterocycles. The highest BCUT2D eigenvalue weighted by Crippen LogP contribution is 2.31. The number of halogens is 5. The van der Waals surface area contributed by atoms with E-state index in [0.29, 0.717) is 0 Å². The van der Waals surface area contributed by atoms with Crippen LogP contribution in [0.1, 0.15) is 28.9 Å². The number of carbonyl (C=O) groups excluding carboxylic acids is 1. The van der Waals surface area contributed by atoms with Crippen LogP contribution >= 0.6 is 15.9 Å². The monoisotopic (exact) mass is 535 g/mol. The van der Waals surface area contributed by atoms with Gasteiger partial charge < -0.3 is 14.0 Å². The van der Waals surface area contributed by atoms with Gasteiger partial charge in [0.1, 0.15) is 23.9 Å². The van der Waals surface area contributed by atoms with Crippen LogP contribution in [-0.4, -0.2) is 26.9 Å². The molecule has 2 aromatic heterocycles. The molecule has 0 fully saturated rings. The first-order valence-corrected chi connectivity index (χ1v) is 9.88. The molecule has 0 amide bonds. The van der Waals surface area contributed by atoms with Crippen molar-refractivity contribution in [3.63, 3.8) is 0 Å². The molecule has 0 N–H and O–H groups in total. The van der Waals surface area contributed by atoms with Crippen molar-refractivity contribution >= 4 is 21.9 Å². The largest absolute Gasteiger partial charge is 0.484 e. The summed E-state index contributed by atoms with van der Waals surface area (Å²) in [6, 6.07) is 3.28. The maximum absolute atomic E-state index is 14.6. The molecular formula is C19H14BrF4N3O6. The highest BCUT2D eigenvalue weighted by atomic mass is 79.9. The van der Waals surface area contributed by atoms with Gasteiger partial charge in [-0.15, -0.1) is 0 Å². The number of rotatable bonds is 6. The van der Waals surface area contributed by atoms with E-state index in [0.717, 1.165) is 19.2 Å². The molecule has 9 nitrogen and oxygen atoms in total. The molecule has 0 radical (unpaired) electrons. The topological polar surface area (TPSA) is 106 Å². The van der Waals surface area contributed by atoms with Crippen LogP contribution in [0.5, 0.6) is 5.75 Å². The lowest BCUT2D eigenvalue weighted by Crippen LogP contribution is -2.41. The fourth-order valence-electron chi connectivity index (χ4n) is 2.75. The number of carbonyl (C=O) groups is 1. The second-order valence-electron chi connectivity index (χ2n) is 6.46. The van der Waals surface area contributed by atoms with Crippen LogP contribution < -0.4 is 16.0 Å². The Balaban J connectivity index is 1.96. The van der Waals surface area contributed by atoms with Crippen molar-refractivity contribution in [1.29, 1.82) is 0 Å². The predicted octanol–water partition coefficient (Wildman–Crippen LogP) is 3.20. The van der Waals surface area contributed by atoms with E-state index < -0.39 is 40.6 Å². The Kier molecular flexibility index (Phi) is 6.76. The van der Waals surface area contributed by atoms with E-state index in [1.165, 1.54) is 6.07 Å². The smallest absolute Gasteiger partial charge is 0.431 e. The van der Waals surface area contributed by atoms with Crippen molar-refractivity contribution in [1.82, 2.24) is 14.3 Å². The summed E-state index contributed by atoms with van der Waals surface area (Å²) in [5.41, 5.74) is -5.00. The second kappa shape index (κ2) is 9.21. The van der Waals surface area contributed by atoms with E-state index in [1.54, 1.807) is 6.92 Å². The zero-order valence-electron chi connectivity index (χ0n) is 16.9. The minimum Gasteiger partial charge on any atom is -0.484 e. The summed E-state index contributed by atoms with van der Waals surface area (Å²) in [4.78, 5) is 36.3. The van der Waals surface area contributed by atoms with Gasteiger partial charge in [-0.25, -0.2) is 18.5 Å². The van der Waals surface area contributed by atoms with Crippen molar-refractivity contribution < 1.29 is 36.4 Å². The van der Waals surface area contributed by atoms with Gasteiger partial charge in [0.2, 0.25) is 0 Å². The summed E-state index contributed by atoms with van der Waals surface area (Å²) in [6.45, 7) is 1.45. The molecule has 3 rings (SSSR count). The Morgan fingerprint density at radius 2 is 1.91 bits per heavy atom. The molecule has 1 aromatic carbocycles. The molecule has 0 saturated carbocycles. The SMILES string of the molecule is CCOC(=O)c1cc(COc2cc(-n3c(=O)cc(C(F)(F)F)n(C)c3=O)c(F)cc2Br)on1. The third-order valence-corrected chi connectivity index (χ3v) is 4.89. The number of nitrogens with zero attached hydrogens (tertiary/aromatic N) is 3. The molecule has 14 heteroatoms. The van der Waals surface area contributed by atoms with Crippen LogP contribution in [0, 0.1) is 5.82 Å². The average Bonchev–Trinajstić information content (AvgIpc) is 3.20. The molecular weight excluding hydrogens is 522 g/mol. The minimum atomic E-state index is -4.96. The zero-order chi connectivity index (χ0) is 24.5. The van der Waals surface area contributed by atoms with E-state index in [2.05, 4.69) is 21.1 Å². The lowest BCUT2D eigenvalue weighted by atomic mass is 10.2. The van der Waals surface area contributed by atoms with Gasteiger partial charge in [-0.05, 0) is 28.9 Å². The molecule has 0 saturated heterocycles. The van der Waals surface area contributed by atoms with Gasteiger partial charge in [-0.1, -0.05) is 5.16 Å². The van der Waals surface area contributed by atoms with Crippen molar-refractivity contribution in [2.45, 2.75) is 19.7 Å². The number of hydrogen-bond acceptors (Lipinski definition) is 7. The normalized spacial score (nSPS) is 11.5. The van der Waals surface area contributed by atoms with Gasteiger partial charge in [0.15, 0.2) is 11.5 Å². The third kappa shape index (κ3) is 4.99. The van der Waals surface area contributed by atoms with E-state index in [9.17, 15) is 31.9 Å². The summed E-state index contributed by atoms with van der Waals surface area (Å²) >= 11 is 3.06. The fraction of sp³-hybridized carbons (Fsp3) is 0.263. The Bertz CT molecular complexity index is 1330. The lowest BCUT2D eigenvalue weighted by molar-refractivity contribution is -0.144. The van der Waals surface area contributed by atoms with Crippen molar-refractivity contribution in [3.8, 4) is 11.4 Å². The zero-order valence-corrected chi connectivity index (χ0v) is 18.5. The molecule has 0 unspecified atom stereocenters. The molecule has 2 heterocycles. The molecule has 0 atom stereocenters. The van der Waals surface area contributed by atoms with Crippen LogP contribution in [0.3, 0.4) is 0 Å². The Morgan fingerprint density at radius 1 is 1.21 bits per heavy atom. The molecule has 0 aliphatic carbocycles. The summed E-state index contributed by atoms with van der Waals surface area (Å²) in [5, 5.41) is 3.53. The van der Waals surface area contributed by atoms with Gasteiger partial charge in [0, 0.05) is 25.2 Å². The van der Waals surface area contributed by atoms with Crippen molar-refractivity contribution in [2.24, 2.45) is 7.05 Å². The molecule has 3 aromatic rings. The highest BCUT2D eigenvalue weighted by molar-refractivity contribution is 9.10. The number of aromatic nitrogens is 3. The Hall–Kier alpha value is -3.42. The van der Waals surface area contributed by atoms with Gasteiger partial charge in [-0.3, -0.25) is 9.36 Å². The molecule has 0 spiro atoms. The van der Waals surface area contributed by atoms with Gasteiger partial charge >= 0.3 is 17.8 Å². The third-order valence-electron chi connectivity index (χ3n) is 4.27. The van der Waals surface area contributed by atoms with Gasteiger partial charge in [0.25, 0.3) is 5.56 Å². The van der Waals surface area contributed by atoms with Crippen LogP contribution in [0.2, 0.25) is 0 Å². The Labute approximate surface area is 190 Å². The number of benzene rings is 1. The van der Waals surface area contributed by atoms with Crippen LogP contribution in [0.4, 0.5) is 17.6 Å². The maximum Gasteiger partial charge on any atom is 0.431 e. The number of ether oxygens (including phenoxy) is 2. The second-order valence-corrected chi connectivity index (χ2v) is 7.32. The number of esters is 1. The van der Waals surface area contributed by atoms with E-state index in [4.69, 9.17) is 14.0 Å². The quantitative estimate of drug-likeness (QED) is 0.352. The van der Waals surface area contributed by atoms with E-state index >= 15 is 0 Å². The molecule has 33 heavy (non-hydrogen) atoms. The van der Waals surface area contributed by atoms with Crippen LogP contribution in [0.25, 0.3) is 5.69 Å². The first-order chi connectivity index (χ1) is 15.4. The Morgan fingerprint density at radius 3 is 2.55 bits per heavy atom. The summed E-state index contributed by atoms with van der Waals surface area (Å²) in [7, 11) is 0.806. The summed E-state index contributed by atoms with van der Waals surface area (Å²) in [5.74, 6) is -1.76. The maximum atomic E-state index is 14.6. The molecule has 0 aliphatic rings. The van der Waals surface area contributed by atoms with Gasteiger partial charge in [-0.2, -0.15) is 13.2 Å². The number of hydrogen-bond donors (Lipinski definition) is 0. The van der Waals surface area contributed by atoms with Gasteiger partial charge in [0.05, 0.1) is 16.8 Å². The first-order valence-electron chi connectivity index (χ1n) is 9.09. The molecule has 0 bridgehead atoms. The van der Waals surface area contributed by atoms with Crippen molar-refractivity contribution in [2.75, 3.05) is 6.61 Å². The van der Waals surface area contributed by atoms with Crippen LogP contribution in [0.15, 0.2) is 42.9 Å². The summed E-state index contributed by atoms with van der Waals surface area (Å²) in [6.07, 6.45) is -4.96. The number of alkyl halides is 3. The average molecular weight is 536 g/mol.